The fraction of sp³-hybridized carbons (Fsp3) is 0.200. The second-order valence-electron chi connectivity index (χ2n) is 3.22. The van der Waals surface area contributed by atoms with Gasteiger partial charge in [-0.25, -0.2) is 4.98 Å². The van der Waals surface area contributed by atoms with E-state index in [4.69, 9.17) is 0 Å². The van der Waals surface area contributed by atoms with Gasteiger partial charge in [0, 0.05) is 20.0 Å². The molecule has 0 aliphatic heterocycles. The summed E-state index contributed by atoms with van der Waals surface area (Å²) in [6, 6.07) is 4.86. The molecule has 2 aromatic rings. The Morgan fingerprint density at radius 3 is 2.86 bits per heavy atom. The lowest BCUT2D eigenvalue weighted by atomic mass is 10.3. The number of ketones is 1. The Bertz CT molecular complexity index is 514. The Labute approximate surface area is 80.8 Å². The molecule has 1 N–H and O–H groups in total. The molecule has 0 fully saturated rings. The lowest BCUT2D eigenvalue weighted by Crippen LogP contribution is -2.02. The van der Waals surface area contributed by atoms with Gasteiger partial charge < -0.3 is 9.67 Å². The van der Waals surface area contributed by atoms with Crippen LogP contribution in [0.1, 0.15) is 17.5 Å². The molecule has 0 radical (unpaired) electrons. The number of fused-ring (bicyclic) bond motifs is 1. The fourth-order valence-corrected chi connectivity index (χ4v) is 1.50. The van der Waals surface area contributed by atoms with E-state index in [1.165, 1.54) is 6.92 Å². The van der Waals surface area contributed by atoms with Crippen molar-refractivity contribution in [3.63, 3.8) is 0 Å². The number of nitrogens with zero attached hydrogens (tertiary/aromatic N) is 2. The van der Waals surface area contributed by atoms with Crippen LogP contribution in [0.5, 0.6) is 5.75 Å². The molecule has 0 bridgehead atoms. The first-order valence-corrected chi connectivity index (χ1v) is 4.26. The zero-order valence-corrected chi connectivity index (χ0v) is 7.98. The van der Waals surface area contributed by atoms with Gasteiger partial charge in [0.15, 0.2) is 11.6 Å². The number of hydrogen-bond donors (Lipinski definition) is 1. The molecule has 4 nitrogen and oxygen atoms in total. The molecule has 0 aliphatic carbocycles. The van der Waals surface area contributed by atoms with Gasteiger partial charge in [0.1, 0.15) is 5.75 Å². The van der Waals surface area contributed by atoms with Gasteiger partial charge in [0.05, 0.1) is 11.0 Å². The van der Waals surface area contributed by atoms with Gasteiger partial charge >= 0.3 is 0 Å². The Morgan fingerprint density at radius 1 is 1.50 bits per heavy atom. The predicted octanol–water partition coefficient (Wildman–Crippen LogP) is 1.48. The number of aromatic nitrogens is 2. The molecular weight excluding hydrogens is 180 g/mol. The van der Waals surface area contributed by atoms with E-state index in [1.54, 1.807) is 29.8 Å². The van der Waals surface area contributed by atoms with Crippen molar-refractivity contribution in [2.24, 2.45) is 7.05 Å². The number of imidazole rings is 1. The largest absolute Gasteiger partial charge is 0.508 e. The second kappa shape index (κ2) is 2.83. The Morgan fingerprint density at radius 2 is 2.21 bits per heavy atom. The molecule has 4 heteroatoms. The molecule has 2 rings (SSSR count). The average molecular weight is 190 g/mol. The van der Waals surface area contributed by atoms with Gasteiger partial charge in [0.2, 0.25) is 0 Å². The van der Waals surface area contributed by atoms with E-state index in [0.717, 1.165) is 5.52 Å². The summed E-state index contributed by atoms with van der Waals surface area (Å²) >= 11 is 0. The maximum absolute atomic E-state index is 11.2. The smallest absolute Gasteiger partial charge is 0.195 e. The summed E-state index contributed by atoms with van der Waals surface area (Å²) in [6.07, 6.45) is 0. The molecule has 0 unspecified atom stereocenters. The normalized spacial score (nSPS) is 10.7. The molecule has 0 spiro atoms. The predicted molar refractivity (Wildman–Crippen MR) is 52.4 cm³/mol. The van der Waals surface area contributed by atoms with Crippen LogP contribution in [0.15, 0.2) is 18.2 Å². The van der Waals surface area contributed by atoms with Gasteiger partial charge in [-0.05, 0) is 12.1 Å². The van der Waals surface area contributed by atoms with E-state index in [9.17, 15) is 9.90 Å². The highest BCUT2D eigenvalue weighted by Gasteiger charge is 2.11. The summed E-state index contributed by atoms with van der Waals surface area (Å²) in [6.45, 7) is 1.47. The minimum Gasteiger partial charge on any atom is -0.508 e. The third-order valence-electron chi connectivity index (χ3n) is 2.18. The zero-order chi connectivity index (χ0) is 10.3. The number of hydrogen-bond acceptors (Lipinski definition) is 3. The zero-order valence-electron chi connectivity index (χ0n) is 7.98. The first kappa shape index (κ1) is 8.74. The van der Waals surface area contributed by atoms with Crippen LogP contribution in [-0.2, 0) is 7.05 Å². The lowest BCUT2D eigenvalue weighted by molar-refractivity contribution is 0.100. The van der Waals surface area contributed by atoms with Crippen molar-refractivity contribution in [3.05, 3.63) is 24.0 Å². The van der Waals surface area contributed by atoms with E-state index in [1.807, 2.05) is 0 Å². The number of rotatable bonds is 1. The SMILES string of the molecule is CC(=O)c1nc2cc(O)ccc2n1C. The van der Waals surface area contributed by atoms with Crippen LogP contribution in [0.4, 0.5) is 0 Å². The summed E-state index contributed by atoms with van der Waals surface area (Å²) in [7, 11) is 1.78. The third kappa shape index (κ3) is 1.16. The highest BCUT2D eigenvalue weighted by Crippen LogP contribution is 2.19. The monoisotopic (exact) mass is 190 g/mol. The van der Waals surface area contributed by atoms with Crippen LogP contribution in [0.2, 0.25) is 0 Å². The van der Waals surface area contributed by atoms with Gasteiger partial charge in [-0.15, -0.1) is 0 Å². The van der Waals surface area contributed by atoms with E-state index in [-0.39, 0.29) is 11.5 Å². The number of benzene rings is 1. The molecule has 0 aliphatic rings. The molecule has 0 saturated carbocycles. The summed E-state index contributed by atoms with van der Waals surface area (Å²) in [5.74, 6) is 0.486. The number of carbonyl (C=O) groups excluding carboxylic acids is 1. The van der Waals surface area contributed by atoms with Gasteiger partial charge in [0.25, 0.3) is 0 Å². The molecule has 1 aromatic heterocycles. The number of carbonyl (C=O) groups is 1. The van der Waals surface area contributed by atoms with Crippen molar-refractivity contribution in [3.8, 4) is 5.75 Å². The summed E-state index contributed by atoms with van der Waals surface area (Å²) < 4.78 is 1.72. The minimum atomic E-state index is -0.0804. The Kier molecular flexibility index (Phi) is 1.77. The van der Waals surface area contributed by atoms with Crippen molar-refractivity contribution in [2.75, 3.05) is 0 Å². The van der Waals surface area contributed by atoms with E-state index < -0.39 is 0 Å². The molecule has 0 amide bonds. The molecule has 14 heavy (non-hydrogen) atoms. The Hall–Kier alpha value is -1.84. The molecule has 1 aromatic carbocycles. The Balaban J connectivity index is 2.79. The molecular formula is C10H10N2O2. The van der Waals surface area contributed by atoms with E-state index in [2.05, 4.69) is 4.98 Å². The number of Topliss-reactive ketones (excluding diaryl/α,β-unsaturated/α-hetero) is 1. The highest BCUT2D eigenvalue weighted by molar-refractivity contribution is 5.94. The minimum absolute atomic E-state index is 0.0804. The molecule has 0 atom stereocenters. The standard InChI is InChI=1S/C10H10N2O2/c1-6(13)10-11-8-5-7(14)3-4-9(8)12(10)2/h3-5,14H,1-2H3. The van der Waals surface area contributed by atoms with Gasteiger partial charge in [-0.1, -0.05) is 0 Å². The first-order chi connectivity index (χ1) is 6.59. The number of phenolic OH excluding ortho intramolecular Hbond substituents is 1. The van der Waals surface area contributed by atoms with Crippen LogP contribution in [0.25, 0.3) is 11.0 Å². The van der Waals surface area contributed by atoms with Crippen LogP contribution >= 0.6 is 0 Å². The highest BCUT2D eigenvalue weighted by atomic mass is 16.3. The summed E-state index contributed by atoms with van der Waals surface area (Å²) in [5.41, 5.74) is 1.48. The van der Waals surface area contributed by atoms with Crippen LogP contribution in [0.3, 0.4) is 0 Å². The summed E-state index contributed by atoms with van der Waals surface area (Å²) in [5, 5.41) is 9.23. The number of aromatic hydroxyl groups is 1. The maximum atomic E-state index is 11.2. The average Bonchev–Trinajstić information content (AvgIpc) is 2.43. The topological polar surface area (TPSA) is 55.1 Å². The molecule has 72 valence electrons. The second-order valence-corrected chi connectivity index (χ2v) is 3.22. The number of aryl methyl sites for hydroxylation is 1. The van der Waals surface area contributed by atoms with Crippen molar-refractivity contribution in [1.29, 1.82) is 0 Å². The van der Waals surface area contributed by atoms with E-state index >= 15 is 0 Å². The van der Waals surface area contributed by atoms with Crippen LogP contribution in [-0.4, -0.2) is 20.4 Å². The third-order valence-corrected chi connectivity index (χ3v) is 2.18. The molecule has 1 heterocycles. The van der Waals surface area contributed by atoms with Gasteiger partial charge in [-0.3, -0.25) is 4.79 Å². The lowest BCUT2D eigenvalue weighted by Gasteiger charge is -1.96. The maximum Gasteiger partial charge on any atom is 0.195 e. The molecule has 0 saturated heterocycles. The van der Waals surface area contributed by atoms with Crippen molar-refractivity contribution >= 4 is 16.8 Å². The van der Waals surface area contributed by atoms with Crippen molar-refractivity contribution < 1.29 is 9.90 Å². The quantitative estimate of drug-likeness (QED) is 0.693. The van der Waals surface area contributed by atoms with Crippen molar-refractivity contribution in [1.82, 2.24) is 9.55 Å². The number of phenols is 1. The first-order valence-electron chi connectivity index (χ1n) is 4.26. The van der Waals surface area contributed by atoms with Crippen LogP contribution < -0.4 is 0 Å². The van der Waals surface area contributed by atoms with Crippen molar-refractivity contribution in [2.45, 2.75) is 6.92 Å². The van der Waals surface area contributed by atoms with Crippen LogP contribution in [0, 0.1) is 0 Å². The summed E-state index contributed by atoms with van der Waals surface area (Å²) in [4.78, 5) is 15.3. The van der Waals surface area contributed by atoms with Gasteiger partial charge in [-0.2, -0.15) is 0 Å². The fourth-order valence-electron chi connectivity index (χ4n) is 1.50. The van der Waals surface area contributed by atoms with E-state index in [0.29, 0.717) is 11.3 Å².